The summed E-state index contributed by atoms with van der Waals surface area (Å²) >= 11 is 0. The average Bonchev–Trinajstić information content (AvgIpc) is 3.32. The normalized spacial score (nSPS) is 20.0. The van der Waals surface area contributed by atoms with Crippen molar-refractivity contribution in [3.05, 3.63) is 36.5 Å². The first kappa shape index (κ1) is 62.4. The van der Waals surface area contributed by atoms with Gasteiger partial charge in [0.25, 0.3) is 0 Å². The molecular weight excluding hydrogens is 827 g/mol. The third-order valence-electron chi connectivity index (χ3n) is 13.4. The minimum absolute atomic E-state index is 0.188. The molecule has 0 spiro atoms. The molecule has 9 heteroatoms. The number of amides is 1. The molecule has 1 rings (SSSR count). The fourth-order valence-electron chi connectivity index (χ4n) is 8.96. The van der Waals surface area contributed by atoms with Crippen molar-refractivity contribution in [2.45, 2.75) is 307 Å². The summed E-state index contributed by atoms with van der Waals surface area (Å²) in [6.45, 7) is 3.78. The molecule has 1 saturated heterocycles. The smallest absolute Gasteiger partial charge is 0.220 e. The van der Waals surface area contributed by atoms with Crippen LogP contribution in [-0.2, 0) is 14.3 Å². The maximum Gasteiger partial charge on any atom is 0.220 e. The first-order valence-electron chi connectivity index (χ1n) is 28.2. The topological polar surface area (TPSA) is 149 Å². The maximum atomic E-state index is 13.0. The molecule has 7 atom stereocenters. The number of rotatable bonds is 48. The van der Waals surface area contributed by atoms with Crippen molar-refractivity contribution in [2.24, 2.45) is 0 Å². The number of ether oxygens (including phenoxy) is 2. The Morgan fingerprint density at radius 2 is 0.864 bits per heavy atom. The zero-order valence-corrected chi connectivity index (χ0v) is 43.0. The minimum Gasteiger partial charge on any atom is -0.394 e. The van der Waals surface area contributed by atoms with Crippen LogP contribution in [0.5, 0.6) is 0 Å². The molecule has 1 heterocycles. The summed E-state index contributed by atoms with van der Waals surface area (Å²) in [5.41, 5.74) is 0. The molecule has 0 saturated carbocycles. The van der Waals surface area contributed by atoms with E-state index in [1.807, 2.05) is 6.08 Å². The molecule has 0 bridgehead atoms. The zero-order valence-electron chi connectivity index (χ0n) is 43.0. The molecule has 0 aromatic heterocycles. The molecule has 1 fully saturated rings. The first-order valence-corrected chi connectivity index (χ1v) is 28.2. The lowest BCUT2D eigenvalue weighted by Gasteiger charge is -2.40. The standard InChI is InChI=1S/C57H107NO8/c1-3-5-7-9-11-13-15-17-19-20-21-22-23-24-25-26-27-28-29-30-31-33-34-36-38-40-42-44-46-51(60)50(49-65-57-56(64)55(63)54(62)52(48-59)66-57)58-53(61)47-45-43-41-39-37-35-32-18-16-14-12-10-8-6-4-2/h30-31,36,38,44,46,50-52,54-57,59-60,62-64H,3-29,32-35,37,39-43,45,47-49H2,1-2H3,(H,58,61)/b31-30+,38-36+,46-44+. The van der Waals surface area contributed by atoms with Gasteiger partial charge in [0.15, 0.2) is 6.29 Å². The van der Waals surface area contributed by atoms with Gasteiger partial charge in [-0.1, -0.05) is 249 Å². The Labute approximate surface area is 406 Å². The van der Waals surface area contributed by atoms with Crippen LogP contribution in [0, 0.1) is 0 Å². The summed E-state index contributed by atoms with van der Waals surface area (Å²) in [4.78, 5) is 13.0. The number of nitrogens with one attached hydrogen (secondary N) is 1. The van der Waals surface area contributed by atoms with Crippen LogP contribution in [0.2, 0.25) is 0 Å². The van der Waals surface area contributed by atoms with Crippen molar-refractivity contribution in [3.63, 3.8) is 0 Å². The van der Waals surface area contributed by atoms with Crippen LogP contribution in [-0.4, -0.2) is 87.5 Å². The lowest BCUT2D eigenvalue weighted by molar-refractivity contribution is -0.302. The largest absolute Gasteiger partial charge is 0.394 e. The van der Waals surface area contributed by atoms with E-state index in [1.165, 1.54) is 199 Å². The Morgan fingerprint density at radius 1 is 0.500 bits per heavy atom. The number of allylic oxidation sites excluding steroid dienone is 5. The lowest BCUT2D eigenvalue weighted by atomic mass is 9.99. The van der Waals surface area contributed by atoms with Gasteiger partial charge in [0.05, 0.1) is 25.4 Å². The van der Waals surface area contributed by atoms with Crippen LogP contribution in [0.4, 0.5) is 0 Å². The molecule has 0 aromatic carbocycles. The van der Waals surface area contributed by atoms with Crippen molar-refractivity contribution in [3.8, 4) is 0 Å². The van der Waals surface area contributed by atoms with Gasteiger partial charge in [-0.2, -0.15) is 0 Å². The van der Waals surface area contributed by atoms with Gasteiger partial charge in [-0.05, 0) is 44.9 Å². The van der Waals surface area contributed by atoms with E-state index in [9.17, 15) is 30.3 Å². The molecule has 0 radical (unpaired) electrons. The van der Waals surface area contributed by atoms with Gasteiger partial charge in [0, 0.05) is 6.42 Å². The molecule has 1 aliphatic rings. The van der Waals surface area contributed by atoms with Crippen LogP contribution >= 0.6 is 0 Å². The SMILES string of the molecule is CCCCCCCCCCCCCCCCCCCC/C=C/CC/C=C/CC/C=C/C(O)C(COC1OC(CO)C(O)C(O)C1O)NC(=O)CCCCCCCCCCCCCCCCC. The van der Waals surface area contributed by atoms with Crippen molar-refractivity contribution in [1.82, 2.24) is 5.32 Å². The van der Waals surface area contributed by atoms with Crippen LogP contribution < -0.4 is 5.32 Å². The first-order chi connectivity index (χ1) is 32.3. The number of aliphatic hydroxyl groups is 5. The van der Waals surface area contributed by atoms with Gasteiger partial charge in [0.1, 0.15) is 24.4 Å². The van der Waals surface area contributed by atoms with E-state index < -0.39 is 49.5 Å². The number of unbranched alkanes of at least 4 members (excludes halogenated alkanes) is 34. The highest BCUT2D eigenvalue weighted by Gasteiger charge is 2.44. The van der Waals surface area contributed by atoms with Crippen molar-refractivity contribution in [1.29, 1.82) is 0 Å². The van der Waals surface area contributed by atoms with Gasteiger partial charge in [-0.15, -0.1) is 0 Å². The van der Waals surface area contributed by atoms with E-state index in [1.54, 1.807) is 6.08 Å². The number of carbonyl (C=O) groups is 1. The summed E-state index contributed by atoms with van der Waals surface area (Å²) in [7, 11) is 0. The molecule has 0 aliphatic carbocycles. The second-order valence-electron chi connectivity index (χ2n) is 19.7. The van der Waals surface area contributed by atoms with Gasteiger partial charge in [-0.3, -0.25) is 4.79 Å². The molecular formula is C57H107NO8. The van der Waals surface area contributed by atoms with Crippen LogP contribution in [0.25, 0.3) is 0 Å². The highest BCUT2D eigenvalue weighted by molar-refractivity contribution is 5.76. The predicted molar refractivity (Wildman–Crippen MR) is 276 cm³/mol. The monoisotopic (exact) mass is 934 g/mol. The highest BCUT2D eigenvalue weighted by atomic mass is 16.7. The third kappa shape index (κ3) is 36.4. The molecule has 6 N–H and O–H groups in total. The maximum absolute atomic E-state index is 13.0. The molecule has 1 amide bonds. The fourth-order valence-corrected chi connectivity index (χ4v) is 8.96. The van der Waals surface area contributed by atoms with Crippen LogP contribution in [0.3, 0.4) is 0 Å². The molecule has 388 valence electrons. The summed E-state index contributed by atoms with van der Waals surface area (Å²) < 4.78 is 11.2. The Kier molecular flexibility index (Phi) is 44.6. The Balaban J connectivity index is 2.25. The Morgan fingerprint density at radius 3 is 1.27 bits per heavy atom. The van der Waals surface area contributed by atoms with Crippen LogP contribution in [0.1, 0.15) is 264 Å². The van der Waals surface area contributed by atoms with Gasteiger partial charge in [-0.25, -0.2) is 0 Å². The van der Waals surface area contributed by atoms with Gasteiger partial charge in [0.2, 0.25) is 5.91 Å². The molecule has 7 unspecified atom stereocenters. The van der Waals surface area contributed by atoms with E-state index in [0.29, 0.717) is 6.42 Å². The predicted octanol–water partition coefficient (Wildman–Crippen LogP) is 13.6. The van der Waals surface area contributed by atoms with Crippen LogP contribution in [0.15, 0.2) is 36.5 Å². The Hall–Kier alpha value is -1.59. The molecule has 1 aliphatic heterocycles. The van der Waals surface area contributed by atoms with E-state index in [-0.39, 0.29) is 12.5 Å². The number of hydrogen-bond acceptors (Lipinski definition) is 8. The second-order valence-corrected chi connectivity index (χ2v) is 19.7. The molecule has 0 aromatic rings. The lowest BCUT2D eigenvalue weighted by Crippen LogP contribution is -2.60. The van der Waals surface area contributed by atoms with E-state index in [2.05, 4.69) is 43.5 Å². The van der Waals surface area contributed by atoms with E-state index >= 15 is 0 Å². The Bertz CT molecular complexity index is 1130. The van der Waals surface area contributed by atoms with Gasteiger partial charge >= 0.3 is 0 Å². The quantitative estimate of drug-likeness (QED) is 0.0261. The van der Waals surface area contributed by atoms with E-state index in [0.717, 1.165) is 44.9 Å². The van der Waals surface area contributed by atoms with E-state index in [4.69, 9.17) is 9.47 Å². The van der Waals surface area contributed by atoms with Gasteiger partial charge < -0.3 is 40.3 Å². The summed E-state index contributed by atoms with van der Waals surface area (Å²) in [6.07, 6.45) is 53.6. The number of carbonyl (C=O) groups excluding carboxylic acids is 1. The fraction of sp³-hybridized carbons (Fsp3) is 0.877. The van der Waals surface area contributed by atoms with Crippen molar-refractivity contribution >= 4 is 5.91 Å². The highest BCUT2D eigenvalue weighted by Crippen LogP contribution is 2.23. The molecule has 9 nitrogen and oxygen atoms in total. The minimum atomic E-state index is -1.57. The van der Waals surface area contributed by atoms with Crippen molar-refractivity contribution in [2.75, 3.05) is 13.2 Å². The zero-order chi connectivity index (χ0) is 48.0. The summed E-state index contributed by atoms with van der Waals surface area (Å²) in [5.74, 6) is -0.188. The summed E-state index contributed by atoms with van der Waals surface area (Å²) in [5, 5.41) is 54.4. The van der Waals surface area contributed by atoms with Crippen molar-refractivity contribution < 1.29 is 39.8 Å². The second kappa shape index (κ2) is 47.1. The average molecular weight is 934 g/mol. The number of hydrogen-bond donors (Lipinski definition) is 6. The number of aliphatic hydroxyl groups excluding tert-OH is 5. The molecule has 66 heavy (non-hydrogen) atoms. The third-order valence-corrected chi connectivity index (χ3v) is 13.4. The summed E-state index contributed by atoms with van der Waals surface area (Å²) in [6, 6.07) is -0.825.